The van der Waals surface area contributed by atoms with Crippen molar-refractivity contribution in [2.75, 3.05) is 17.8 Å². The highest BCUT2D eigenvalue weighted by Gasteiger charge is 2.46. The van der Waals surface area contributed by atoms with Crippen molar-refractivity contribution in [1.82, 2.24) is 9.88 Å². The van der Waals surface area contributed by atoms with Gasteiger partial charge in [-0.2, -0.15) is 18.4 Å². The van der Waals surface area contributed by atoms with Gasteiger partial charge in [-0.1, -0.05) is 49.2 Å². The molecule has 1 aliphatic carbocycles. The number of ether oxygens (including phenoxy) is 1. The minimum atomic E-state index is -4.85. The van der Waals surface area contributed by atoms with E-state index in [4.69, 9.17) is 4.74 Å². The fourth-order valence-corrected chi connectivity index (χ4v) is 6.62. The summed E-state index contributed by atoms with van der Waals surface area (Å²) in [6.45, 7) is 0. The number of anilines is 1. The number of benzene rings is 2. The molecule has 3 aromatic rings. The summed E-state index contributed by atoms with van der Waals surface area (Å²) in [4.78, 5) is 47.4. The second-order valence-corrected chi connectivity index (χ2v) is 11.5. The Labute approximate surface area is 256 Å². The lowest BCUT2D eigenvalue weighted by molar-refractivity contribution is -0.139. The van der Waals surface area contributed by atoms with Crippen molar-refractivity contribution in [3.63, 3.8) is 0 Å². The van der Waals surface area contributed by atoms with E-state index in [1.54, 1.807) is 60.7 Å². The summed E-state index contributed by atoms with van der Waals surface area (Å²) in [5.41, 5.74) is -1.08. The van der Waals surface area contributed by atoms with E-state index in [0.717, 1.165) is 42.0 Å². The number of hydrogen-bond donors (Lipinski definition) is 0. The number of pyridine rings is 1. The van der Waals surface area contributed by atoms with Crippen molar-refractivity contribution in [2.24, 2.45) is 0 Å². The molecule has 1 aromatic heterocycles. The zero-order chi connectivity index (χ0) is 31.4. The zero-order valence-electron chi connectivity index (χ0n) is 23.8. The van der Waals surface area contributed by atoms with Gasteiger partial charge < -0.3 is 9.64 Å². The van der Waals surface area contributed by atoms with Gasteiger partial charge in [0.05, 0.1) is 41.8 Å². The predicted octanol–water partition coefficient (Wildman–Crippen LogP) is 6.23. The SMILES string of the molecule is COc1ccc(-c2cc(C(F)(F)F)c(C#N)c(SCC(=O)N(C3CCCCC3)[C@@H]3CC(=O)N(c4ccccc4)C3=O)n2)cc1. The molecule has 2 aliphatic rings. The van der Waals surface area contributed by atoms with Gasteiger partial charge in [0.15, 0.2) is 0 Å². The minimum Gasteiger partial charge on any atom is -0.497 e. The number of carbonyl (C=O) groups is 3. The van der Waals surface area contributed by atoms with E-state index in [-0.39, 0.29) is 28.9 Å². The Morgan fingerprint density at radius 3 is 2.39 bits per heavy atom. The van der Waals surface area contributed by atoms with E-state index in [0.29, 0.717) is 29.8 Å². The maximum absolute atomic E-state index is 14.1. The molecule has 1 atom stereocenters. The molecule has 1 aliphatic heterocycles. The molecule has 44 heavy (non-hydrogen) atoms. The fraction of sp³-hybridized carbons (Fsp3) is 0.344. The molecule has 2 aromatic carbocycles. The molecular formula is C32H29F3N4O4S. The summed E-state index contributed by atoms with van der Waals surface area (Å²) < 4.78 is 47.4. The normalized spacial score (nSPS) is 17.4. The highest BCUT2D eigenvalue weighted by atomic mass is 32.2. The smallest absolute Gasteiger partial charge is 0.417 e. The van der Waals surface area contributed by atoms with Gasteiger partial charge in [0.1, 0.15) is 22.9 Å². The molecule has 5 rings (SSSR count). The predicted molar refractivity (Wildman–Crippen MR) is 158 cm³/mol. The Bertz CT molecular complexity index is 1590. The van der Waals surface area contributed by atoms with Crippen molar-refractivity contribution in [3.05, 3.63) is 71.8 Å². The number of alkyl halides is 3. The van der Waals surface area contributed by atoms with Crippen LogP contribution in [0.15, 0.2) is 65.7 Å². The Hall–Kier alpha value is -4.37. The number of rotatable bonds is 8. The third kappa shape index (κ3) is 6.43. The van der Waals surface area contributed by atoms with Gasteiger partial charge in [-0.3, -0.25) is 14.4 Å². The molecule has 2 fully saturated rings. The van der Waals surface area contributed by atoms with Crippen molar-refractivity contribution in [3.8, 4) is 23.1 Å². The lowest BCUT2D eigenvalue weighted by Crippen LogP contribution is -2.52. The maximum Gasteiger partial charge on any atom is 0.417 e. The minimum absolute atomic E-state index is 0.0202. The lowest BCUT2D eigenvalue weighted by Gasteiger charge is -2.37. The molecule has 3 amide bonds. The van der Waals surface area contributed by atoms with Crippen LogP contribution in [0.1, 0.15) is 49.7 Å². The molecule has 0 spiro atoms. The van der Waals surface area contributed by atoms with E-state index in [1.165, 1.54) is 12.0 Å². The van der Waals surface area contributed by atoms with Crippen LogP contribution in [0.4, 0.5) is 18.9 Å². The number of imide groups is 1. The maximum atomic E-state index is 14.1. The topological polar surface area (TPSA) is 104 Å². The summed E-state index contributed by atoms with van der Waals surface area (Å²) in [5, 5.41) is 9.50. The third-order valence-corrected chi connectivity index (χ3v) is 8.81. The number of amides is 3. The Morgan fingerprint density at radius 1 is 1.09 bits per heavy atom. The molecule has 8 nitrogen and oxygen atoms in total. The summed E-state index contributed by atoms with van der Waals surface area (Å²) in [5.74, 6) is -1.31. The first-order chi connectivity index (χ1) is 21.1. The van der Waals surface area contributed by atoms with E-state index >= 15 is 0 Å². The van der Waals surface area contributed by atoms with Crippen molar-refractivity contribution in [2.45, 2.75) is 61.8 Å². The number of nitrogens with zero attached hydrogens (tertiary/aromatic N) is 4. The first-order valence-corrected chi connectivity index (χ1v) is 15.1. The van der Waals surface area contributed by atoms with Crippen LogP contribution in [0.25, 0.3) is 11.3 Å². The highest BCUT2D eigenvalue weighted by Crippen LogP contribution is 2.39. The molecule has 0 unspecified atom stereocenters. The fourth-order valence-electron chi connectivity index (χ4n) is 5.74. The molecule has 228 valence electrons. The number of nitriles is 1. The average Bonchev–Trinajstić information content (AvgIpc) is 3.32. The third-order valence-electron chi connectivity index (χ3n) is 7.85. The Balaban J connectivity index is 1.46. The number of aromatic nitrogens is 1. The molecule has 1 saturated carbocycles. The van der Waals surface area contributed by atoms with Crippen LogP contribution < -0.4 is 9.64 Å². The van der Waals surface area contributed by atoms with Gasteiger partial charge in [-0.05, 0) is 55.3 Å². The monoisotopic (exact) mass is 622 g/mol. The average molecular weight is 623 g/mol. The number of thioether (sulfide) groups is 1. The van der Waals surface area contributed by atoms with Crippen LogP contribution >= 0.6 is 11.8 Å². The standard InChI is InChI=1S/C32H29F3N4O4S/c1-43-23-14-12-20(13-15-23)26-16-25(32(33,34)35)24(18-36)30(37-26)44-19-29(41)38(21-8-4-2-5-9-21)27-17-28(40)39(31(27)42)22-10-6-3-7-11-22/h3,6-7,10-16,21,27H,2,4-5,8-9,17,19H2,1H3/t27-/m1/s1. The molecule has 0 radical (unpaired) electrons. The van der Waals surface area contributed by atoms with Crippen LogP contribution in [-0.4, -0.2) is 52.6 Å². The lowest BCUT2D eigenvalue weighted by atomic mass is 9.92. The van der Waals surface area contributed by atoms with Gasteiger partial charge in [0, 0.05) is 11.6 Å². The van der Waals surface area contributed by atoms with Gasteiger partial charge >= 0.3 is 6.18 Å². The second-order valence-electron chi connectivity index (χ2n) is 10.6. The zero-order valence-corrected chi connectivity index (χ0v) is 24.7. The largest absolute Gasteiger partial charge is 0.497 e. The van der Waals surface area contributed by atoms with E-state index in [2.05, 4.69) is 4.98 Å². The molecular weight excluding hydrogens is 593 g/mol. The van der Waals surface area contributed by atoms with E-state index in [9.17, 15) is 32.8 Å². The molecule has 0 N–H and O–H groups in total. The summed E-state index contributed by atoms with van der Waals surface area (Å²) in [6.07, 6.45) is -1.07. The number of methoxy groups -OCH3 is 1. The van der Waals surface area contributed by atoms with Crippen molar-refractivity contribution < 1.29 is 32.3 Å². The van der Waals surface area contributed by atoms with Crippen LogP contribution in [0.3, 0.4) is 0 Å². The summed E-state index contributed by atoms with van der Waals surface area (Å²) >= 11 is 0.717. The van der Waals surface area contributed by atoms with Gasteiger partial charge in [-0.25, -0.2) is 9.88 Å². The number of halogens is 3. The van der Waals surface area contributed by atoms with E-state index in [1.807, 2.05) is 0 Å². The molecule has 2 heterocycles. The summed E-state index contributed by atoms with van der Waals surface area (Å²) in [6, 6.07) is 15.9. The molecule has 0 bridgehead atoms. The number of para-hydroxylation sites is 1. The first-order valence-electron chi connectivity index (χ1n) is 14.1. The Kier molecular flexibility index (Phi) is 9.25. The molecule has 12 heteroatoms. The van der Waals surface area contributed by atoms with E-state index < -0.39 is 41.1 Å². The van der Waals surface area contributed by atoms with Crippen LogP contribution in [0.2, 0.25) is 0 Å². The number of carbonyl (C=O) groups excluding carboxylic acids is 3. The quantitative estimate of drug-likeness (QED) is 0.217. The van der Waals surface area contributed by atoms with Crippen molar-refractivity contribution in [1.29, 1.82) is 5.26 Å². The highest BCUT2D eigenvalue weighted by molar-refractivity contribution is 8.00. The van der Waals surface area contributed by atoms with Gasteiger partial charge in [-0.15, -0.1) is 0 Å². The van der Waals surface area contributed by atoms with Crippen LogP contribution in [-0.2, 0) is 20.6 Å². The molecule has 1 saturated heterocycles. The number of hydrogen-bond acceptors (Lipinski definition) is 7. The summed E-state index contributed by atoms with van der Waals surface area (Å²) in [7, 11) is 1.47. The van der Waals surface area contributed by atoms with Crippen LogP contribution in [0, 0.1) is 11.3 Å². The second kappa shape index (κ2) is 13.1. The Morgan fingerprint density at radius 2 is 1.77 bits per heavy atom. The first kappa shape index (κ1) is 31.1. The van der Waals surface area contributed by atoms with Crippen LogP contribution in [0.5, 0.6) is 5.75 Å². The van der Waals surface area contributed by atoms with Gasteiger partial charge in [0.2, 0.25) is 11.8 Å². The van der Waals surface area contributed by atoms with Gasteiger partial charge in [0.25, 0.3) is 5.91 Å². The van der Waals surface area contributed by atoms with Crippen molar-refractivity contribution >= 4 is 35.2 Å².